The molecule has 1 heterocycles. The normalized spacial score (nSPS) is 10.6. The molecule has 94 valence electrons. The summed E-state index contributed by atoms with van der Waals surface area (Å²) in [6.07, 6.45) is 0. The van der Waals surface area contributed by atoms with Crippen molar-refractivity contribution in [3.63, 3.8) is 0 Å². The molecule has 19 heavy (non-hydrogen) atoms. The first kappa shape index (κ1) is 12.9. The van der Waals surface area contributed by atoms with E-state index in [1.54, 1.807) is 0 Å². The van der Waals surface area contributed by atoms with Crippen molar-refractivity contribution in [3.05, 3.63) is 58.6 Å². The molecular weight excluding hydrogens is 346 g/mol. The summed E-state index contributed by atoms with van der Waals surface area (Å²) in [6.45, 7) is 0. The van der Waals surface area contributed by atoms with E-state index in [4.69, 9.17) is 23.2 Å². The maximum atomic E-state index is 5.92. The molecule has 0 aliphatic heterocycles. The average Bonchev–Trinajstić information content (AvgIpc) is 2.90. The number of rotatable bonds is 2. The summed E-state index contributed by atoms with van der Waals surface area (Å²) in [6, 6.07) is 15.4. The second-order valence-electron chi connectivity index (χ2n) is 3.96. The van der Waals surface area contributed by atoms with E-state index in [1.807, 2.05) is 48.5 Å². The average molecular weight is 354 g/mol. The van der Waals surface area contributed by atoms with Gasteiger partial charge in [0.15, 0.2) is 0 Å². The molecule has 3 rings (SSSR count). The predicted octanol–water partition coefficient (Wildman–Crippen LogP) is 4.17. The number of hydrogen-bond donors (Lipinski definition) is 0. The van der Waals surface area contributed by atoms with Gasteiger partial charge in [-0.3, -0.25) is 0 Å². The van der Waals surface area contributed by atoms with Crippen LogP contribution in [0, 0.1) is 0 Å². The molecule has 0 unspecified atom stereocenters. The summed E-state index contributed by atoms with van der Waals surface area (Å²) >= 11 is 11.8. The molecule has 1 aromatic heterocycles. The summed E-state index contributed by atoms with van der Waals surface area (Å²) in [5, 5.41) is 5.73. The third-order valence-corrected chi connectivity index (χ3v) is 4.84. The first-order valence-electron chi connectivity index (χ1n) is 5.58. The molecule has 0 saturated carbocycles. The van der Waals surface area contributed by atoms with Gasteiger partial charge in [0, 0.05) is 0 Å². The molecule has 0 radical (unpaired) electrons. The predicted molar refractivity (Wildman–Crippen MR) is 79.9 cm³/mol. The van der Waals surface area contributed by atoms with E-state index < -0.39 is 0 Å². The topological polar surface area (TPSA) is 25.8 Å². The van der Waals surface area contributed by atoms with E-state index in [1.165, 1.54) is 4.44 Å². The Morgan fingerprint density at radius 3 is 1.84 bits per heavy atom. The zero-order valence-electron chi connectivity index (χ0n) is 9.68. The summed E-state index contributed by atoms with van der Waals surface area (Å²) in [4.78, 5) is 0. The molecule has 0 spiro atoms. The quantitative estimate of drug-likeness (QED) is 0.646. The molecule has 0 amide bonds. The van der Waals surface area contributed by atoms with Crippen molar-refractivity contribution in [2.75, 3.05) is 0 Å². The van der Waals surface area contributed by atoms with Gasteiger partial charge in [-0.05, 0) is 0 Å². The summed E-state index contributed by atoms with van der Waals surface area (Å²) in [5.41, 5.74) is 3.09. The van der Waals surface area contributed by atoms with Crippen molar-refractivity contribution >= 4 is 37.9 Å². The molecule has 0 aliphatic carbocycles. The molecule has 2 nitrogen and oxygen atoms in total. The van der Waals surface area contributed by atoms with Crippen LogP contribution in [0.4, 0.5) is 0 Å². The van der Waals surface area contributed by atoms with Gasteiger partial charge in [0.05, 0.1) is 0 Å². The number of halogens is 2. The Morgan fingerprint density at radius 2 is 1.26 bits per heavy atom. The van der Waals surface area contributed by atoms with Crippen molar-refractivity contribution in [1.82, 2.24) is 9.19 Å². The second-order valence-corrected chi connectivity index (χ2v) is 6.42. The molecule has 0 atom stereocenters. The third kappa shape index (κ3) is 2.75. The zero-order valence-corrected chi connectivity index (χ0v) is 12.9. The van der Waals surface area contributed by atoms with Crippen molar-refractivity contribution in [1.29, 1.82) is 0 Å². The van der Waals surface area contributed by atoms with Crippen LogP contribution in [0.3, 0.4) is 0 Å². The fourth-order valence-electron chi connectivity index (χ4n) is 1.78. The fourth-order valence-corrected chi connectivity index (χ4v) is 3.48. The van der Waals surface area contributed by atoms with Crippen LogP contribution < -0.4 is 0 Å². The van der Waals surface area contributed by atoms with Crippen LogP contribution in [-0.4, -0.2) is 23.9 Å². The molecule has 0 aliphatic rings. The number of nitrogens with zero attached hydrogens (tertiary/aromatic N) is 2. The van der Waals surface area contributed by atoms with Crippen LogP contribution in [0.1, 0.15) is 0 Å². The molecule has 0 fully saturated rings. The molecule has 3 aromatic rings. The van der Waals surface area contributed by atoms with E-state index in [2.05, 4.69) is 9.19 Å². The molecule has 0 bridgehead atoms. The van der Waals surface area contributed by atoms with Gasteiger partial charge in [0.25, 0.3) is 0 Å². The van der Waals surface area contributed by atoms with Crippen molar-refractivity contribution in [2.45, 2.75) is 0 Å². The van der Waals surface area contributed by atoms with Crippen molar-refractivity contribution in [2.24, 2.45) is 0 Å². The Kier molecular flexibility index (Phi) is 3.72. The molecular formula is C14H8Cl2N2Se. The van der Waals surface area contributed by atoms with Gasteiger partial charge in [0.1, 0.15) is 0 Å². The van der Waals surface area contributed by atoms with Gasteiger partial charge in [0.2, 0.25) is 0 Å². The van der Waals surface area contributed by atoms with E-state index in [0.29, 0.717) is 0 Å². The Morgan fingerprint density at radius 1 is 0.737 bits per heavy atom. The molecule has 5 heteroatoms. The Bertz CT molecular complexity index is 630. The van der Waals surface area contributed by atoms with Crippen LogP contribution in [0.15, 0.2) is 48.5 Å². The minimum atomic E-state index is 0.0167. The summed E-state index contributed by atoms with van der Waals surface area (Å²) in [5.74, 6) is 0. The Hall–Kier alpha value is -1.12. The number of hydrogen-bond acceptors (Lipinski definition) is 2. The van der Waals surface area contributed by atoms with E-state index in [0.717, 1.165) is 26.9 Å². The van der Waals surface area contributed by atoms with Gasteiger partial charge in [-0.15, -0.1) is 0 Å². The van der Waals surface area contributed by atoms with Gasteiger partial charge >= 0.3 is 127 Å². The van der Waals surface area contributed by atoms with Crippen LogP contribution >= 0.6 is 23.2 Å². The fraction of sp³-hybridized carbons (Fsp3) is 0. The van der Waals surface area contributed by atoms with E-state index in [9.17, 15) is 0 Å². The van der Waals surface area contributed by atoms with Crippen molar-refractivity contribution < 1.29 is 0 Å². The monoisotopic (exact) mass is 354 g/mol. The van der Waals surface area contributed by atoms with Crippen molar-refractivity contribution in [3.8, 4) is 21.3 Å². The van der Waals surface area contributed by atoms with Crippen LogP contribution in [0.2, 0.25) is 10.0 Å². The SMILES string of the molecule is Clc1ccc(-c2nn[se]c2-c2ccc(Cl)cc2)cc1. The first-order chi connectivity index (χ1) is 9.24. The zero-order chi connectivity index (χ0) is 13.2. The minimum absolute atomic E-state index is 0.0167. The number of benzene rings is 2. The molecule has 0 saturated heterocycles. The standard InChI is InChI=1S/C14H8Cl2N2Se/c15-11-5-1-9(2-6-11)13-14(19-18-17-13)10-3-7-12(16)8-4-10/h1-8H. The van der Waals surface area contributed by atoms with Gasteiger partial charge in [-0.2, -0.15) is 0 Å². The Balaban J connectivity index is 2.07. The van der Waals surface area contributed by atoms with Crippen LogP contribution in [0.5, 0.6) is 0 Å². The van der Waals surface area contributed by atoms with Gasteiger partial charge in [-0.1, -0.05) is 0 Å². The first-order valence-corrected chi connectivity index (χ1v) is 7.96. The maximum absolute atomic E-state index is 5.92. The molecule has 0 N–H and O–H groups in total. The van der Waals surface area contributed by atoms with E-state index >= 15 is 0 Å². The number of aromatic nitrogens is 2. The third-order valence-electron chi connectivity index (χ3n) is 2.71. The van der Waals surface area contributed by atoms with Gasteiger partial charge in [-0.25, -0.2) is 0 Å². The second kappa shape index (κ2) is 5.48. The summed E-state index contributed by atoms with van der Waals surface area (Å²) in [7, 11) is 0. The molecule has 2 aromatic carbocycles. The summed E-state index contributed by atoms with van der Waals surface area (Å²) < 4.78 is 5.36. The van der Waals surface area contributed by atoms with Gasteiger partial charge < -0.3 is 0 Å². The van der Waals surface area contributed by atoms with Crippen LogP contribution in [-0.2, 0) is 0 Å². The Labute approximate surface area is 127 Å². The van der Waals surface area contributed by atoms with E-state index in [-0.39, 0.29) is 14.7 Å². The van der Waals surface area contributed by atoms with Crippen LogP contribution in [0.25, 0.3) is 21.3 Å².